The van der Waals surface area contributed by atoms with E-state index in [-0.39, 0.29) is 16.3 Å². The van der Waals surface area contributed by atoms with Crippen molar-refractivity contribution >= 4 is 27.5 Å². The van der Waals surface area contributed by atoms with Gasteiger partial charge in [0.25, 0.3) is 0 Å². The van der Waals surface area contributed by atoms with Gasteiger partial charge in [-0.1, -0.05) is 13.8 Å². The third-order valence-corrected chi connectivity index (χ3v) is 2.88. The summed E-state index contributed by atoms with van der Waals surface area (Å²) >= 11 is 3.03. The standard InChI is InChI=1S/C12H12BrFN2O/c1-7(2)9(6-15)12(17)16-8-3-4-11(14)10(13)5-8/h3-5,7,9H,1-2H3,(H,16,17). The highest BCUT2D eigenvalue weighted by molar-refractivity contribution is 9.10. The van der Waals surface area contributed by atoms with Gasteiger partial charge in [0.1, 0.15) is 11.7 Å². The number of carbonyl (C=O) groups is 1. The van der Waals surface area contributed by atoms with E-state index in [0.29, 0.717) is 5.69 Å². The van der Waals surface area contributed by atoms with Crippen molar-refractivity contribution in [1.82, 2.24) is 0 Å². The zero-order valence-corrected chi connectivity index (χ0v) is 11.1. The van der Waals surface area contributed by atoms with E-state index in [4.69, 9.17) is 5.26 Å². The monoisotopic (exact) mass is 298 g/mol. The first kappa shape index (κ1) is 13.7. The fraction of sp³-hybridized carbons (Fsp3) is 0.333. The first-order valence-electron chi connectivity index (χ1n) is 5.11. The van der Waals surface area contributed by atoms with Crippen molar-refractivity contribution in [3.8, 4) is 6.07 Å². The Kier molecular flexibility index (Phi) is 4.64. The van der Waals surface area contributed by atoms with Gasteiger partial charge in [-0.05, 0) is 40.0 Å². The summed E-state index contributed by atoms with van der Waals surface area (Å²) in [5, 5.41) is 11.4. The van der Waals surface area contributed by atoms with Crippen molar-refractivity contribution in [1.29, 1.82) is 5.26 Å². The van der Waals surface area contributed by atoms with E-state index in [1.54, 1.807) is 13.8 Å². The van der Waals surface area contributed by atoms with Crippen molar-refractivity contribution in [3.63, 3.8) is 0 Å². The molecule has 90 valence electrons. The van der Waals surface area contributed by atoms with Gasteiger partial charge in [0, 0.05) is 5.69 Å². The first-order valence-corrected chi connectivity index (χ1v) is 5.90. The molecule has 1 aromatic rings. The molecule has 1 rings (SSSR count). The smallest absolute Gasteiger partial charge is 0.241 e. The van der Waals surface area contributed by atoms with Crippen LogP contribution < -0.4 is 5.32 Å². The van der Waals surface area contributed by atoms with Crippen LogP contribution in [0.4, 0.5) is 10.1 Å². The number of hydrogen-bond acceptors (Lipinski definition) is 2. The molecule has 1 amide bonds. The molecule has 1 aromatic carbocycles. The number of benzene rings is 1. The van der Waals surface area contributed by atoms with Crippen LogP contribution in [-0.2, 0) is 4.79 Å². The van der Waals surface area contributed by atoms with E-state index in [9.17, 15) is 9.18 Å². The second kappa shape index (κ2) is 5.78. The Labute approximate surface area is 108 Å². The number of hydrogen-bond donors (Lipinski definition) is 1. The Bertz CT molecular complexity index is 468. The van der Waals surface area contributed by atoms with Crippen LogP contribution >= 0.6 is 15.9 Å². The Morgan fingerprint density at radius 1 is 1.53 bits per heavy atom. The third-order valence-electron chi connectivity index (χ3n) is 2.28. The number of amides is 1. The van der Waals surface area contributed by atoms with Crippen LogP contribution in [0.2, 0.25) is 0 Å². The lowest BCUT2D eigenvalue weighted by Gasteiger charge is -2.13. The zero-order valence-electron chi connectivity index (χ0n) is 9.50. The van der Waals surface area contributed by atoms with Crippen LogP contribution in [0, 0.1) is 29.0 Å². The Morgan fingerprint density at radius 2 is 2.18 bits per heavy atom. The van der Waals surface area contributed by atoms with E-state index in [1.165, 1.54) is 18.2 Å². The Morgan fingerprint density at radius 3 is 2.65 bits per heavy atom. The molecule has 0 aromatic heterocycles. The summed E-state index contributed by atoms with van der Waals surface area (Å²) in [5.74, 6) is -1.55. The van der Waals surface area contributed by atoms with Crippen LogP contribution in [0.1, 0.15) is 13.8 Å². The second-order valence-corrected chi connectivity index (χ2v) is 4.82. The summed E-state index contributed by atoms with van der Waals surface area (Å²) in [7, 11) is 0. The number of halogens is 2. The van der Waals surface area contributed by atoms with Gasteiger partial charge in [-0.25, -0.2) is 4.39 Å². The van der Waals surface area contributed by atoms with Crippen LogP contribution in [0.5, 0.6) is 0 Å². The minimum atomic E-state index is -0.709. The van der Waals surface area contributed by atoms with Gasteiger partial charge in [0.05, 0.1) is 10.5 Å². The molecule has 5 heteroatoms. The summed E-state index contributed by atoms with van der Waals surface area (Å²) < 4.78 is 13.2. The Hall–Kier alpha value is -1.41. The van der Waals surface area contributed by atoms with E-state index in [1.807, 2.05) is 6.07 Å². The molecular weight excluding hydrogens is 287 g/mol. The molecule has 0 fully saturated rings. The maximum Gasteiger partial charge on any atom is 0.241 e. The molecule has 0 aliphatic rings. The average Bonchev–Trinajstić information content (AvgIpc) is 2.24. The first-order chi connectivity index (χ1) is 7.95. The van der Waals surface area contributed by atoms with E-state index < -0.39 is 11.7 Å². The lowest BCUT2D eigenvalue weighted by molar-refractivity contribution is -0.119. The van der Waals surface area contributed by atoms with E-state index in [2.05, 4.69) is 21.2 Å². The zero-order chi connectivity index (χ0) is 13.0. The molecule has 3 nitrogen and oxygen atoms in total. The molecule has 0 saturated heterocycles. The van der Waals surface area contributed by atoms with Gasteiger partial charge in [-0.2, -0.15) is 5.26 Å². The summed E-state index contributed by atoms with van der Waals surface area (Å²) in [6, 6.07) is 6.11. The Balaban J connectivity index is 2.81. The summed E-state index contributed by atoms with van der Waals surface area (Å²) in [5.41, 5.74) is 0.462. The van der Waals surface area contributed by atoms with E-state index >= 15 is 0 Å². The van der Waals surface area contributed by atoms with Gasteiger partial charge in [-0.3, -0.25) is 4.79 Å². The van der Waals surface area contributed by atoms with Crippen molar-refractivity contribution in [2.45, 2.75) is 13.8 Å². The molecule has 0 heterocycles. The summed E-state index contributed by atoms with van der Waals surface area (Å²) in [4.78, 5) is 11.7. The molecule has 0 bridgehead atoms. The van der Waals surface area contributed by atoms with Crippen molar-refractivity contribution in [3.05, 3.63) is 28.5 Å². The predicted octanol–water partition coefficient (Wildman–Crippen LogP) is 3.32. The topological polar surface area (TPSA) is 52.9 Å². The van der Waals surface area contributed by atoms with Crippen molar-refractivity contribution in [2.75, 3.05) is 5.32 Å². The molecule has 17 heavy (non-hydrogen) atoms. The van der Waals surface area contributed by atoms with Gasteiger partial charge >= 0.3 is 0 Å². The molecule has 1 atom stereocenters. The fourth-order valence-corrected chi connectivity index (χ4v) is 1.68. The van der Waals surface area contributed by atoms with Gasteiger partial charge < -0.3 is 5.32 Å². The number of anilines is 1. The van der Waals surface area contributed by atoms with Crippen LogP contribution in [0.25, 0.3) is 0 Å². The van der Waals surface area contributed by atoms with Crippen molar-refractivity contribution in [2.24, 2.45) is 11.8 Å². The largest absolute Gasteiger partial charge is 0.325 e. The quantitative estimate of drug-likeness (QED) is 0.930. The maximum atomic E-state index is 13.0. The lowest BCUT2D eigenvalue weighted by Crippen LogP contribution is -2.25. The SMILES string of the molecule is CC(C)C(C#N)C(=O)Nc1ccc(F)c(Br)c1. The van der Waals surface area contributed by atoms with Gasteiger partial charge in [0.15, 0.2) is 0 Å². The third kappa shape index (κ3) is 3.53. The molecule has 0 aliphatic carbocycles. The van der Waals surface area contributed by atoms with Gasteiger partial charge in [-0.15, -0.1) is 0 Å². The van der Waals surface area contributed by atoms with Crippen molar-refractivity contribution < 1.29 is 9.18 Å². The highest BCUT2D eigenvalue weighted by Crippen LogP contribution is 2.21. The second-order valence-electron chi connectivity index (χ2n) is 3.97. The minimum Gasteiger partial charge on any atom is -0.325 e. The minimum absolute atomic E-state index is 0.0658. The fourth-order valence-electron chi connectivity index (χ4n) is 1.30. The van der Waals surface area contributed by atoms with E-state index in [0.717, 1.165) is 0 Å². The summed E-state index contributed by atoms with van der Waals surface area (Å²) in [6.07, 6.45) is 0. The number of rotatable bonds is 3. The van der Waals surface area contributed by atoms with Crippen LogP contribution in [-0.4, -0.2) is 5.91 Å². The average molecular weight is 299 g/mol. The number of nitriles is 1. The molecule has 0 saturated carbocycles. The normalized spacial score (nSPS) is 12.0. The highest BCUT2D eigenvalue weighted by Gasteiger charge is 2.21. The molecule has 0 spiro atoms. The lowest BCUT2D eigenvalue weighted by atomic mass is 9.96. The maximum absolute atomic E-state index is 13.0. The number of nitrogens with zero attached hydrogens (tertiary/aromatic N) is 1. The molecule has 1 unspecified atom stereocenters. The number of nitrogens with one attached hydrogen (secondary N) is 1. The van der Waals surface area contributed by atoms with Crippen LogP contribution in [0.3, 0.4) is 0 Å². The van der Waals surface area contributed by atoms with Crippen LogP contribution in [0.15, 0.2) is 22.7 Å². The number of carbonyl (C=O) groups excluding carboxylic acids is 1. The molecular formula is C12H12BrFN2O. The molecule has 0 radical (unpaired) electrons. The molecule has 1 N–H and O–H groups in total. The highest BCUT2D eigenvalue weighted by atomic mass is 79.9. The molecule has 0 aliphatic heterocycles. The summed E-state index contributed by atoms with van der Waals surface area (Å²) in [6.45, 7) is 3.60. The van der Waals surface area contributed by atoms with Gasteiger partial charge in [0.2, 0.25) is 5.91 Å². The predicted molar refractivity (Wildman–Crippen MR) is 66.7 cm³/mol.